The molecule has 0 saturated heterocycles. The first-order chi connectivity index (χ1) is 7.04. The Bertz CT molecular complexity index is 431. The van der Waals surface area contributed by atoms with Crippen molar-refractivity contribution >= 4 is 35.1 Å². The van der Waals surface area contributed by atoms with Gasteiger partial charge in [-0.05, 0) is 12.1 Å². The van der Waals surface area contributed by atoms with Crippen LogP contribution >= 0.6 is 23.2 Å². The molecule has 15 heavy (non-hydrogen) atoms. The normalized spacial score (nSPS) is 9.47. The SMILES string of the molecule is C=CC(=O)OC(=O)c1ccc(Cl)nc1Cl. The van der Waals surface area contributed by atoms with E-state index in [1.54, 1.807) is 0 Å². The Balaban J connectivity index is 2.92. The molecule has 1 heterocycles. The molecule has 0 atom stereocenters. The summed E-state index contributed by atoms with van der Waals surface area (Å²) in [4.78, 5) is 25.6. The summed E-state index contributed by atoms with van der Waals surface area (Å²) in [7, 11) is 0. The van der Waals surface area contributed by atoms with Crippen LogP contribution in [0.1, 0.15) is 10.4 Å². The lowest BCUT2D eigenvalue weighted by Crippen LogP contribution is -2.11. The van der Waals surface area contributed by atoms with Gasteiger partial charge in [-0.2, -0.15) is 0 Å². The fourth-order valence-electron chi connectivity index (χ4n) is 0.752. The number of carbonyl (C=O) groups is 2. The van der Waals surface area contributed by atoms with Crippen molar-refractivity contribution in [1.82, 2.24) is 4.98 Å². The zero-order valence-electron chi connectivity index (χ0n) is 7.37. The Hall–Kier alpha value is -1.39. The Kier molecular flexibility index (Phi) is 3.82. The molecule has 6 heteroatoms. The summed E-state index contributed by atoms with van der Waals surface area (Å²) in [5.74, 6) is -1.75. The highest BCUT2D eigenvalue weighted by Gasteiger charge is 2.15. The van der Waals surface area contributed by atoms with E-state index in [1.807, 2.05) is 0 Å². The van der Waals surface area contributed by atoms with E-state index in [-0.39, 0.29) is 15.9 Å². The Morgan fingerprint density at radius 3 is 2.60 bits per heavy atom. The van der Waals surface area contributed by atoms with Gasteiger partial charge in [0.25, 0.3) is 0 Å². The molecule has 0 amide bonds. The average Bonchev–Trinajstić information content (AvgIpc) is 2.17. The number of pyridine rings is 1. The van der Waals surface area contributed by atoms with Crippen LogP contribution in [-0.2, 0) is 9.53 Å². The van der Waals surface area contributed by atoms with Crippen molar-refractivity contribution in [3.8, 4) is 0 Å². The van der Waals surface area contributed by atoms with E-state index in [2.05, 4.69) is 16.3 Å². The number of rotatable bonds is 2. The second-order valence-electron chi connectivity index (χ2n) is 2.39. The molecule has 1 rings (SSSR count). The van der Waals surface area contributed by atoms with E-state index in [0.717, 1.165) is 6.08 Å². The Labute approximate surface area is 95.5 Å². The van der Waals surface area contributed by atoms with E-state index in [9.17, 15) is 9.59 Å². The summed E-state index contributed by atoms with van der Waals surface area (Å²) >= 11 is 11.1. The first kappa shape index (κ1) is 11.7. The third-order valence-corrected chi connectivity index (χ3v) is 1.89. The quantitative estimate of drug-likeness (QED) is 0.347. The number of carbonyl (C=O) groups excluding carboxylic acids is 2. The number of ether oxygens (including phenoxy) is 1. The molecular weight excluding hydrogens is 241 g/mol. The number of aromatic nitrogens is 1. The van der Waals surface area contributed by atoms with Crippen LogP contribution in [-0.4, -0.2) is 16.9 Å². The molecule has 0 saturated carbocycles. The third-order valence-electron chi connectivity index (χ3n) is 1.39. The standard InChI is InChI=1S/C9H5Cl2NO3/c1-2-7(13)15-9(14)5-3-4-6(10)12-8(5)11/h2-4H,1H2. The maximum atomic E-state index is 11.3. The molecule has 78 valence electrons. The highest BCUT2D eigenvalue weighted by molar-refractivity contribution is 6.34. The van der Waals surface area contributed by atoms with Gasteiger partial charge in [-0.15, -0.1) is 0 Å². The lowest BCUT2D eigenvalue weighted by molar-refractivity contribution is -0.132. The minimum absolute atomic E-state index is 0.0312. The molecule has 0 fully saturated rings. The van der Waals surface area contributed by atoms with Crippen molar-refractivity contribution in [2.75, 3.05) is 0 Å². The van der Waals surface area contributed by atoms with Crippen molar-refractivity contribution in [2.45, 2.75) is 0 Å². The molecule has 0 aliphatic rings. The summed E-state index contributed by atoms with van der Waals surface area (Å²) in [6.07, 6.45) is 0.870. The zero-order chi connectivity index (χ0) is 11.4. The van der Waals surface area contributed by atoms with Crippen LogP contribution in [0.2, 0.25) is 10.3 Å². The van der Waals surface area contributed by atoms with Crippen LogP contribution in [0.4, 0.5) is 0 Å². The Morgan fingerprint density at radius 1 is 1.40 bits per heavy atom. The molecule has 0 bridgehead atoms. The lowest BCUT2D eigenvalue weighted by Gasteiger charge is -2.01. The number of hydrogen-bond acceptors (Lipinski definition) is 4. The highest BCUT2D eigenvalue weighted by atomic mass is 35.5. The van der Waals surface area contributed by atoms with Gasteiger partial charge in [0.1, 0.15) is 10.3 Å². The van der Waals surface area contributed by atoms with Crippen LogP contribution in [0.5, 0.6) is 0 Å². The molecule has 0 aromatic carbocycles. The van der Waals surface area contributed by atoms with Gasteiger partial charge in [-0.1, -0.05) is 29.8 Å². The predicted octanol–water partition coefficient (Wildman–Crippen LogP) is 2.26. The van der Waals surface area contributed by atoms with Crippen molar-refractivity contribution in [1.29, 1.82) is 0 Å². The van der Waals surface area contributed by atoms with Crippen molar-refractivity contribution in [2.24, 2.45) is 0 Å². The van der Waals surface area contributed by atoms with Crippen molar-refractivity contribution < 1.29 is 14.3 Å². The topological polar surface area (TPSA) is 56.3 Å². The third kappa shape index (κ3) is 3.04. The molecule has 0 N–H and O–H groups in total. The molecule has 0 aliphatic carbocycles. The van der Waals surface area contributed by atoms with Gasteiger partial charge in [0.2, 0.25) is 0 Å². The maximum Gasteiger partial charge on any atom is 0.349 e. The first-order valence-electron chi connectivity index (χ1n) is 3.75. The molecular formula is C9H5Cl2NO3. The Morgan fingerprint density at radius 2 is 2.07 bits per heavy atom. The summed E-state index contributed by atoms with van der Waals surface area (Å²) in [5, 5.41) is 0.0240. The monoisotopic (exact) mass is 245 g/mol. The summed E-state index contributed by atoms with van der Waals surface area (Å²) in [6.45, 7) is 3.15. The lowest BCUT2D eigenvalue weighted by atomic mass is 10.3. The van der Waals surface area contributed by atoms with Crippen LogP contribution in [0, 0.1) is 0 Å². The number of hydrogen-bond donors (Lipinski definition) is 0. The van der Waals surface area contributed by atoms with Gasteiger partial charge in [-0.3, -0.25) is 0 Å². The fourth-order valence-corrected chi connectivity index (χ4v) is 1.17. The number of halogens is 2. The number of nitrogens with zero attached hydrogens (tertiary/aromatic N) is 1. The average molecular weight is 246 g/mol. The number of esters is 2. The van der Waals surface area contributed by atoms with Crippen LogP contribution in [0.15, 0.2) is 24.8 Å². The van der Waals surface area contributed by atoms with Crippen molar-refractivity contribution in [3.05, 3.63) is 40.7 Å². The second kappa shape index (κ2) is 4.91. The van der Waals surface area contributed by atoms with E-state index >= 15 is 0 Å². The summed E-state index contributed by atoms with van der Waals surface area (Å²) in [5.41, 5.74) is -0.0312. The molecule has 0 unspecified atom stereocenters. The van der Waals surface area contributed by atoms with E-state index in [0.29, 0.717) is 0 Å². The fraction of sp³-hybridized carbons (Fsp3) is 0. The van der Waals surface area contributed by atoms with Crippen LogP contribution in [0.3, 0.4) is 0 Å². The predicted molar refractivity (Wildman–Crippen MR) is 54.9 cm³/mol. The first-order valence-corrected chi connectivity index (χ1v) is 4.51. The second-order valence-corrected chi connectivity index (χ2v) is 3.13. The van der Waals surface area contributed by atoms with Gasteiger partial charge >= 0.3 is 11.9 Å². The summed E-state index contributed by atoms with van der Waals surface area (Å²) in [6, 6.07) is 2.68. The molecule has 0 spiro atoms. The molecule has 1 aromatic heterocycles. The van der Waals surface area contributed by atoms with Crippen LogP contribution < -0.4 is 0 Å². The molecule has 1 aromatic rings. The molecule has 4 nitrogen and oxygen atoms in total. The molecule has 0 radical (unpaired) electrons. The van der Waals surface area contributed by atoms with E-state index in [1.165, 1.54) is 12.1 Å². The van der Waals surface area contributed by atoms with Gasteiger partial charge in [0, 0.05) is 6.08 Å². The van der Waals surface area contributed by atoms with Crippen molar-refractivity contribution in [3.63, 3.8) is 0 Å². The minimum Gasteiger partial charge on any atom is -0.386 e. The maximum absolute atomic E-state index is 11.3. The van der Waals surface area contributed by atoms with Gasteiger partial charge in [0.15, 0.2) is 0 Å². The van der Waals surface area contributed by atoms with Gasteiger partial charge < -0.3 is 4.74 Å². The van der Waals surface area contributed by atoms with E-state index < -0.39 is 11.9 Å². The largest absolute Gasteiger partial charge is 0.386 e. The van der Waals surface area contributed by atoms with Gasteiger partial charge in [-0.25, -0.2) is 14.6 Å². The minimum atomic E-state index is -0.894. The zero-order valence-corrected chi connectivity index (χ0v) is 8.88. The van der Waals surface area contributed by atoms with Gasteiger partial charge in [0.05, 0.1) is 5.56 Å². The summed E-state index contributed by atoms with van der Waals surface area (Å²) < 4.78 is 4.34. The molecule has 0 aliphatic heterocycles. The van der Waals surface area contributed by atoms with Crippen LogP contribution in [0.25, 0.3) is 0 Å². The smallest absolute Gasteiger partial charge is 0.349 e. The van der Waals surface area contributed by atoms with E-state index in [4.69, 9.17) is 23.2 Å². The highest BCUT2D eigenvalue weighted by Crippen LogP contribution is 2.17.